The van der Waals surface area contributed by atoms with Gasteiger partial charge in [-0.05, 0) is 45.2 Å². The molecule has 1 aliphatic heterocycles. The van der Waals surface area contributed by atoms with E-state index in [9.17, 15) is 0 Å². The highest BCUT2D eigenvalue weighted by Crippen LogP contribution is 2.30. The van der Waals surface area contributed by atoms with Gasteiger partial charge in [-0.15, -0.1) is 0 Å². The van der Waals surface area contributed by atoms with Gasteiger partial charge in [0.2, 0.25) is 0 Å². The van der Waals surface area contributed by atoms with Crippen molar-refractivity contribution in [2.45, 2.75) is 64.6 Å². The number of aromatic amines is 1. The molecule has 8 nitrogen and oxygen atoms in total. The second kappa shape index (κ2) is 9.31. The Balaban J connectivity index is 1.58. The highest BCUT2D eigenvalue weighted by molar-refractivity contribution is 5.91. The largest absolute Gasteiger partial charge is 0.367 e. The number of aromatic nitrogens is 4. The number of aryl methyl sites for hydroxylation is 1. The first-order valence-electron chi connectivity index (χ1n) is 11.0. The van der Waals surface area contributed by atoms with E-state index in [2.05, 4.69) is 56.7 Å². The minimum atomic E-state index is 0.317. The molecule has 0 saturated carbocycles. The summed E-state index contributed by atoms with van der Waals surface area (Å²) in [6.07, 6.45) is 5.51. The Morgan fingerprint density at radius 3 is 2.90 bits per heavy atom. The molecular formula is C23H30N8. The summed E-state index contributed by atoms with van der Waals surface area (Å²) in [4.78, 5) is 11.9. The molecule has 3 aromatic heterocycles. The molecule has 3 atom stereocenters. The summed E-state index contributed by atoms with van der Waals surface area (Å²) >= 11 is 0. The Hall–Kier alpha value is -3.18. The molecule has 3 N–H and O–H groups in total. The zero-order valence-electron chi connectivity index (χ0n) is 18.4. The monoisotopic (exact) mass is 418 g/mol. The predicted octanol–water partition coefficient (Wildman–Crippen LogP) is 4.36. The molecule has 0 aliphatic carbocycles. The van der Waals surface area contributed by atoms with Crippen LogP contribution >= 0.6 is 0 Å². The summed E-state index contributed by atoms with van der Waals surface area (Å²) in [5.74, 6) is 2.29. The van der Waals surface area contributed by atoms with Crippen LogP contribution in [0, 0.1) is 18.3 Å². The van der Waals surface area contributed by atoms with Gasteiger partial charge in [0.05, 0.1) is 11.6 Å². The third-order valence-corrected chi connectivity index (χ3v) is 6.07. The normalized spacial score (nSPS) is 21.7. The summed E-state index contributed by atoms with van der Waals surface area (Å²) < 4.78 is 0. The highest BCUT2D eigenvalue weighted by atomic mass is 15.2. The standard InChI is InChI=1S/C23H30N8/c1-4-18-13-17(12-16(3)31(18)10-6-8-24)26-23-19-7-5-9-25-20(19)14-21(28-23)27-22-11-15(2)29-30-22/h5,7,9,11,14,16-18H,4,6,10,12-13H2,1-3H3,(H3,26,27,28,29,30)/t16-,17?,18+/m1/s1. The molecule has 0 bridgehead atoms. The summed E-state index contributed by atoms with van der Waals surface area (Å²) in [7, 11) is 0. The Labute approximate surface area is 183 Å². The quantitative estimate of drug-likeness (QED) is 0.523. The lowest BCUT2D eigenvalue weighted by Crippen LogP contribution is -2.51. The van der Waals surface area contributed by atoms with Crippen LogP contribution in [0.4, 0.5) is 17.5 Å². The predicted molar refractivity (Wildman–Crippen MR) is 123 cm³/mol. The van der Waals surface area contributed by atoms with Crippen LogP contribution < -0.4 is 10.6 Å². The third kappa shape index (κ3) is 4.78. The van der Waals surface area contributed by atoms with Crippen molar-refractivity contribution < 1.29 is 0 Å². The van der Waals surface area contributed by atoms with Crippen LogP contribution in [0.1, 0.15) is 45.2 Å². The number of nitriles is 1. The van der Waals surface area contributed by atoms with E-state index in [-0.39, 0.29) is 0 Å². The maximum Gasteiger partial charge on any atom is 0.153 e. The molecule has 0 spiro atoms. The Morgan fingerprint density at radius 2 is 2.16 bits per heavy atom. The van der Waals surface area contributed by atoms with Crippen molar-refractivity contribution in [3.8, 4) is 6.07 Å². The van der Waals surface area contributed by atoms with Gasteiger partial charge in [0.1, 0.15) is 11.6 Å². The Kier molecular flexibility index (Phi) is 6.33. The van der Waals surface area contributed by atoms with Crippen LogP contribution in [0.25, 0.3) is 10.9 Å². The first kappa shape index (κ1) is 21.1. The smallest absolute Gasteiger partial charge is 0.153 e. The molecule has 1 saturated heterocycles. The maximum atomic E-state index is 9.01. The molecule has 31 heavy (non-hydrogen) atoms. The number of hydrogen-bond donors (Lipinski definition) is 3. The van der Waals surface area contributed by atoms with Crippen molar-refractivity contribution in [1.82, 2.24) is 25.1 Å². The molecule has 1 aliphatic rings. The fraction of sp³-hybridized carbons (Fsp3) is 0.478. The summed E-state index contributed by atoms with van der Waals surface area (Å²) in [5.41, 5.74) is 1.88. The van der Waals surface area contributed by atoms with E-state index < -0.39 is 0 Å². The van der Waals surface area contributed by atoms with Gasteiger partial charge in [-0.1, -0.05) is 6.92 Å². The second-order valence-corrected chi connectivity index (χ2v) is 8.36. The number of H-pyrrole nitrogens is 1. The van der Waals surface area contributed by atoms with Crippen LogP contribution in [-0.2, 0) is 0 Å². The number of likely N-dealkylation sites (tertiary alicyclic amines) is 1. The SMILES string of the molecule is CC[C@H]1CC(Nc2nc(Nc3cc(C)[nH]n3)cc3ncccc23)C[C@@H](C)N1CCC#N. The number of pyridine rings is 2. The van der Waals surface area contributed by atoms with Crippen molar-refractivity contribution in [3.63, 3.8) is 0 Å². The molecule has 8 heteroatoms. The molecule has 1 fully saturated rings. The number of piperidine rings is 1. The van der Waals surface area contributed by atoms with Crippen molar-refractivity contribution in [2.75, 3.05) is 17.2 Å². The molecular weight excluding hydrogens is 388 g/mol. The van der Waals surface area contributed by atoms with Gasteiger partial charge in [0.15, 0.2) is 5.82 Å². The van der Waals surface area contributed by atoms with E-state index in [4.69, 9.17) is 10.2 Å². The zero-order chi connectivity index (χ0) is 21.8. The van der Waals surface area contributed by atoms with Crippen LogP contribution in [0.3, 0.4) is 0 Å². The molecule has 4 rings (SSSR count). The molecule has 0 aromatic carbocycles. The van der Waals surface area contributed by atoms with Gasteiger partial charge in [0, 0.05) is 60.5 Å². The Bertz CT molecular complexity index is 1070. The average Bonchev–Trinajstić information content (AvgIpc) is 3.17. The van der Waals surface area contributed by atoms with Gasteiger partial charge < -0.3 is 10.6 Å². The van der Waals surface area contributed by atoms with Crippen LogP contribution in [0.5, 0.6) is 0 Å². The third-order valence-electron chi connectivity index (χ3n) is 6.07. The number of hydrogen-bond acceptors (Lipinski definition) is 7. The number of fused-ring (bicyclic) bond motifs is 1. The van der Waals surface area contributed by atoms with E-state index in [0.29, 0.717) is 30.4 Å². The summed E-state index contributed by atoms with van der Waals surface area (Å²) in [6.45, 7) is 7.30. The number of rotatable bonds is 7. The lowest BCUT2D eigenvalue weighted by atomic mass is 9.90. The van der Waals surface area contributed by atoms with Crippen molar-refractivity contribution >= 4 is 28.4 Å². The lowest BCUT2D eigenvalue weighted by Gasteiger charge is -2.44. The van der Waals surface area contributed by atoms with Crippen LogP contribution in [0.2, 0.25) is 0 Å². The van der Waals surface area contributed by atoms with E-state index in [1.165, 1.54) is 0 Å². The summed E-state index contributed by atoms with van der Waals surface area (Å²) in [6, 6.07) is 11.4. The average molecular weight is 419 g/mol. The van der Waals surface area contributed by atoms with Gasteiger partial charge in [0.25, 0.3) is 0 Å². The van der Waals surface area contributed by atoms with Crippen molar-refractivity contribution in [3.05, 3.63) is 36.2 Å². The first-order valence-corrected chi connectivity index (χ1v) is 11.0. The molecule has 0 radical (unpaired) electrons. The fourth-order valence-corrected chi connectivity index (χ4v) is 4.62. The van der Waals surface area contributed by atoms with E-state index in [1.807, 2.05) is 25.1 Å². The van der Waals surface area contributed by atoms with Gasteiger partial charge in [-0.25, -0.2) is 4.98 Å². The molecule has 4 heterocycles. The van der Waals surface area contributed by atoms with Crippen molar-refractivity contribution in [2.24, 2.45) is 0 Å². The topological polar surface area (TPSA) is 106 Å². The lowest BCUT2D eigenvalue weighted by molar-refractivity contribution is 0.0859. The second-order valence-electron chi connectivity index (χ2n) is 8.36. The first-order chi connectivity index (χ1) is 15.1. The Morgan fingerprint density at radius 1 is 1.29 bits per heavy atom. The van der Waals surface area contributed by atoms with Crippen LogP contribution in [0.15, 0.2) is 30.5 Å². The molecule has 0 amide bonds. The minimum absolute atomic E-state index is 0.317. The van der Waals surface area contributed by atoms with Gasteiger partial charge >= 0.3 is 0 Å². The minimum Gasteiger partial charge on any atom is -0.367 e. The van der Waals surface area contributed by atoms with Crippen molar-refractivity contribution in [1.29, 1.82) is 5.26 Å². The van der Waals surface area contributed by atoms with Gasteiger partial charge in [-0.3, -0.25) is 15.0 Å². The number of anilines is 3. The fourth-order valence-electron chi connectivity index (χ4n) is 4.62. The van der Waals surface area contributed by atoms with E-state index in [1.54, 1.807) is 6.20 Å². The van der Waals surface area contributed by atoms with Crippen LogP contribution in [-0.4, -0.2) is 49.7 Å². The molecule has 162 valence electrons. The zero-order valence-corrected chi connectivity index (χ0v) is 18.4. The molecule has 3 aromatic rings. The molecule has 1 unspecified atom stereocenters. The number of nitrogens with zero attached hydrogens (tertiary/aromatic N) is 5. The van der Waals surface area contributed by atoms with E-state index in [0.717, 1.165) is 54.0 Å². The van der Waals surface area contributed by atoms with Gasteiger partial charge in [-0.2, -0.15) is 10.4 Å². The number of nitrogens with one attached hydrogen (secondary N) is 3. The van der Waals surface area contributed by atoms with E-state index >= 15 is 0 Å². The highest BCUT2D eigenvalue weighted by Gasteiger charge is 2.32. The maximum absolute atomic E-state index is 9.01. The summed E-state index contributed by atoms with van der Waals surface area (Å²) in [5, 5.41) is 24.2.